The van der Waals surface area contributed by atoms with Gasteiger partial charge in [0, 0.05) is 12.6 Å². The first-order chi connectivity index (χ1) is 13.7. The average Bonchev–Trinajstić information content (AvgIpc) is 2.71. The minimum Gasteiger partial charge on any atom is -0.489 e. The molecule has 2 heteroatoms. The third-order valence-electron chi connectivity index (χ3n) is 7.79. The van der Waals surface area contributed by atoms with E-state index in [-0.39, 0.29) is 0 Å². The zero-order chi connectivity index (χ0) is 19.0. The Bertz CT molecular complexity index is 747. The van der Waals surface area contributed by atoms with Gasteiger partial charge in [0.1, 0.15) is 12.4 Å². The molecule has 4 aliphatic rings. The van der Waals surface area contributed by atoms with Gasteiger partial charge in [-0.1, -0.05) is 42.5 Å². The van der Waals surface area contributed by atoms with Crippen LogP contribution >= 0.6 is 0 Å². The summed E-state index contributed by atoms with van der Waals surface area (Å²) >= 11 is 0. The number of hydrogen-bond acceptors (Lipinski definition) is 2. The summed E-state index contributed by atoms with van der Waals surface area (Å²) in [6.07, 6.45) is 8.99. The molecule has 1 N–H and O–H groups in total. The predicted molar refractivity (Wildman–Crippen MR) is 114 cm³/mol. The highest BCUT2D eigenvalue weighted by Crippen LogP contribution is 2.61. The van der Waals surface area contributed by atoms with E-state index in [2.05, 4.69) is 60.8 Å². The second-order valence-electron chi connectivity index (χ2n) is 9.80. The van der Waals surface area contributed by atoms with E-state index >= 15 is 0 Å². The summed E-state index contributed by atoms with van der Waals surface area (Å²) in [6, 6.07) is 19.6. The van der Waals surface area contributed by atoms with E-state index in [1.807, 2.05) is 6.07 Å². The van der Waals surface area contributed by atoms with Crippen molar-refractivity contribution >= 4 is 0 Å². The summed E-state index contributed by atoms with van der Waals surface area (Å²) in [6.45, 7) is 4.04. The molecule has 0 aromatic heterocycles. The first-order valence-electron chi connectivity index (χ1n) is 11.2. The fourth-order valence-electron chi connectivity index (χ4n) is 6.64. The summed E-state index contributed by atoms with van der Waals surface area (Å²) in [5, 5.41) is 3.89. The lowest BCUT2D eigenvalue weighted by Gasteiger charge is -2.59. The summed E-state index contributed by atoms with van der Waals surface area (Å²) < 4.78 is 5.92. The fraction of sp³-hybridized carbons (Fsp3) is 0.538. The molecular formula is C26H33NO. The number of rotatable bonds is 7. The van der Waals surface area contributed by atoms with Gasteiger partial charge in [-0.2, -0.15) is 0 Å². The normalized spacial score (nSPS) is 31.7. The van der Waals surface area contributed by atoms with Gasteiger partial charge in [0.05, 0.1) is 0 Å². The maximum atomic E-state index is 5.92. The molecule has 4 aliphatic carbocycles. The van der Waals surface area contributed by atoms with Crippen molar-refractivity contribution in [1.29, 1.82) is 0 Å². The van der Waals surface area contributed by atoms with Crippen molar-refractivity contribution in [1.82, 2.24) is 5.32 Å². The van der Waals surface area contributed by atoms with Gasteiger partial charge in [-0.05, 0) is 91.9 Å². The molecule has 0 radical (unpaired) electrons. The molecule has 0 amide bonds. The molecule has 4 saturated carbocycles. The Hall–Kier alpha value is -1.80. The van der Waals surface area contributed by atoms with Crippen molar-refractivity contribution in [3.63, 3.8) is 0 Å². The van der Waals surface area contributed by atoms with E-state index in [9.17, 15) is 0 Å². The average molecular weight is 376 g/mol. The molecule has 2 nitrogen and oxygen atoms in total. The van der Waals surface area contributed by atoms with Crippen molar-refractivity contribution in [2.45, 2.75) is 64.6 Å². The van der Waals surface area contributed by atoms with Crippen LogP contribution in [-0.2, 0) is 13.2 Å². The molecule has 0 unspecified atom stereocenters. The standard InChI is InChI=1S/C26H33NO/c1-19(26-14-22-11-23(15-26)13-24(12-22)16-26)27-17-20-7-9-25(10-8-20)28-18-21-5-3-2-4-6-21/h2-10,19,22-24,27H,11-18H2,1H3/t19-,22?,23?,24?,26?/m0/s1. The molecule has 28 heavy (non-hydrogen) atoms. The maximum Gasteiger partial charge on any atom is 0.119 e. The van der Waals surface area contributed by atoms with E-state index in [0.29, 0.717) is 18.1 Å². The van der Waals surface area contributed by atoms with E-state index < -0.39 is 0 Å². The Morgan fingerprint density at radius 3 is 2.07 bits per heavy atom. The quantitative estimate of drug-likeness (QED) is 0.645. The van der Waals surface area contributed by atoms with Gasteiger partial charge in [0.25, 0.3) is 0 Å². The Kier molecular flexibility index (Phi) is 4.92. The van der Waals surface area contributed by atoms with Crippen LogP contribution in [0.2, 0.25) is 0 Å². The minimum absolute atomic E-state index is 0.577. The van der Waals surface area contributed by atoms with Crippen LogP contribution in [0, 0.1) is 23.2 Å². The molecule has 0 spiro atoms. The molecule has 0 saturated heterocycles. The molecule has 6 rings (SSSR count). The molecule has 2 aromatic carbocycles. The second-order valence-corrected chi connectivity index (χ2v) is 9.80. The number of hydrogen-bond donors (Lipinski definition) is 1. The maximum absolute atomic E-state index is 5.92. The van der Waals surface area contributed by atoms with Crippen LogP contribution in [0.15, 0.2) is 54.6 Å². The Balaban J connectivity index is 1.15. The van der Waals surface area contributed by atoms with Crippen molar-refractivity contribution in [3.05, 3.63) is 65.7 Å². The van der Waals surface area contributed by atoms with Crippen LogP contribution < -0.4 is 10.1 Å². The molecular weight excluding hydrogens is 342 g/mol. The molecule has 1 atom stereocenters. The first kappa shape index (κ1) is 18.2. The van der Waals surface area contributed by atoms with Crippen LogP contribution in [-0.4, -0.2) is 6.04 Å². The highest BCUT2D eigenvalue weighted by molar-refractivity contribution is 5.28. The number of nitrogens with one attached hydrogen (secondary N) is 1. The van der Waals surface area contributed by atoms with Gasteiger partial charge in [0.2, 0.25) is 0 Å². The molecule has 148 valence electrons. The molecule has 2 aromatic rings. The van der Waals surface area contributed by atoms with Gasteiger partial charge in [-0.3, -0.25) is 0 Å². The summed E-state index contributed by atoms with van der Waals surface area (Å²) in [5.41, 5.74) is 3.13. The molecule has 4 bridgehead atoms. The van der Waals surface area contributed by atoms with Crippen LogP contribution in [0.4, 0.5) is 0 Å². The van der Waals surface area contributed by atoms with Gasteiger partial charge < -0.3 is 10.1 Å². The highest BCUT2D eigenvalue weighted by atomic mass is 16.5. The number of benzene rings is 2. The lowest BCUT2D eigenvalue weighted by atomic mass is 9.48. The SMILES string of the molecule is C[C@H](NCc1ccc(OCc2ccccc2)cc1)C12CC3CC(CC(C3)C1)C2. The number of ether oxygens (including phenoxy) is 1. The van der Waals surface area contributed by atoms with Crippen LogP contribution in [0.3, 0.4) is 0 Å². The van der Waals surface area contributed by atoms with Gasteiger partial charge in [0.15, 0.2) is 0 Å². The molecule has 0 heterocycles. The van der Waals surface area contributed by atoms with E-state index in [4.69, 9.17) is 4.74 Å². The lowest BCUT2D eigenvalue weighted by molar-refractivity contribution is -0.0706. The van der Waals surface area contributed by atoms with E-state index in [1.54, 1.807) is 0 Å². The minimum atomic E-state index is 0.577. The Morgan fingerprint density at radius 1 is 0.857 bits per heavy atom. The zero-order valence-electron chi connectivity index (χ0n) is 17.1. The zero-order valence-corrected chi connectivity index (χ0v) is 17.1. The van der Waals surface area contributed by atoms with E-state index in [1.165, 1.54) is 49.7 Å². The Labute approximate surface area is 169 Å². The fourth-order valence-corrected chi connectivity index (χ4v) is 6.64. The predicted octanol–water partition coefficient (Wildman–Crippen LogP) is 5.96. The first-order valence-corrected chi connectivity index (χ1v) is 11.2. The Morgan fingerprint density at radius 2 is 1.46 bits per heavy atom. The van der Waals surface area contributed by atoms with Crippen molar-refractivity contribution < 1.29 is 4.74 Å². The molecule has 4 fully saturated rings. The van der Waals surface area contributed by atoms with Gasteiger partial charge >= 0.3 is 0 Å². The summed E-state index contributed by atoms with van der Waals surface area (Å²) in [5.74, 6) is 4.02. The van der Waals surface area contributed by atoms with E-state index in [0.717, 1.165) is 30.0 Å². The summed E-state index contributed by atoms with van der Waals surface area (Å²) in [7, 11) is 0. The molecule has 0 aliphatic heterocycles. The van der Waals surface area contributed by atoms with Crippen molar-refractivity contribution in [3.8, 4) is 5.75 Å². The van der Waals surface area contributed by atoms with Crippen molar-refractivity contribution in [2.24, 2.45) is 23.2 Å². The highest BCUT2D eigenvalue weighted by Gasteiger charge is 2.52. The lowest BCUT2D eigenvalue weighted by Crippen LogP contribution is -2.54. The third-order valence-corrected chi connectivity index (χ3v) is 7.79. The van der Waals surface area contributed by atoms with Gasteiger partial charge in [-0.25, -0.2) is 0 Å². The topological polar surface area (TPSA) is 21.3 Å². The van der Waals surface area contributed by atoms with Crippen LogP contribution in [0.5, 0.6) is 5.75 Å². The monoisotopic (exact) mass is 375 g/mol. The third kappa shape index (κ3) is 3.72. The van der Waals surface area contributed by atoms with Crippen molar-refractivity contribution in [2.75, 3.05) is 0 Å². The summed E-state index contributed by atoms with van der Waals surface area (Å²) in [4.78, 5) is 0. The largest absolute Gasteiger partial charge is 0.489 e. The van der Waals surface area contributed by atoms with Crippen LogP contribution in [0.25, 0.3) is 0 Å². The smallest absolute Gasteiger partial charge is 0.119 e. The second kappa shape index (κ2) is 7.55. The van der Waals surface area contributed by atoms with Gasteiger partial charge in [-0.15, -0.1) is 0 Å². The van der Waals surface area contributed by atoms with Crippen LogP contribution in [0.1, 0.15) is 56.6 Å².